The molecule has 0 radical (unpaired) electrons. The highest BCUT2D eigenvalue weighted by atomic mass is 16.5. The molecule has 2 heteroatoms. The van der Waals surface area contributed by atoms with Crippen molar-refractivity contribution in [3.63, 3.8) is 0 Å². The lowest BCUT2D eigenvalue weighted by Crippen LogP contribution is -2.31. The van der Waals surface area contributed by atoms with Crippen molar-refractivity contribution in [3.8, 4) is 0 Å². The maximum Gasteiger partial charge on any atom is 0.0665 e. The summed E-state index contributed by atoms with van der Waals surface area (Å²) in [6, 6.07) is 9.06. The summed E-state index contributed by atoms with van der Waals surface area (Å²) in [6.07, 6.45) is 5.44. The minimum absolute atomic E-state index is 0.310. The van der Waals surface area contributed by atoms with Gasteiger partial charge in [-0.05, 0) is 50.1 Å². The monoisotopic (exact) mass is 289 g/mol. The fourth-order valence-electron chi connectivity index (χ4n) is 3.18. The van der Waals surface area contributed by atoms with Crippen LogP contribution in [0.5, 0.6) is 0 Å². The molecule has 0 bridgehead atoms. The molecule has 2 rings (SSSR count). The first-order valence-corrected chi connectivity index (χ1v) is 8.42. The highest BCUT2D eigenvalue weighted by molar-refractivity contribution is 5.25. The molecule has 1 N–H and O–H groups in total. The Kier molecular flexibility index (Phi) is 5.83. The van der Waals surface area contributed by atoms with Crippen molar-refractivity contribution in [1.82, 2.24) is 5.32 Å². The Morgan fingerprint density at radius 3 is 2.62 bits per heavy atom. The van der Waals surface area contributed by atoms with E-state index < -0.39 is 0 Å². The second-order valence-electron chi connectivity index (χ2n) is 7.22. The lowest BCUT2D eigenvalue weighted by Gasteiger charge is -2.35. The summed E-state index contributed by atoms with van der Waals surface area (Å²) in [6.45, 7) is 10.8. The molecule has 1 unspecified atom stereocenters. The van der Waals surface area contributed by atoms with Gasteiger partial charge in [-0.25, -0.2) is 0 Å². The van der Waals surface area contributed by atoms with E-state index in [1.165, 1.54) is 36.8 Å². The fourth-order valence-corrected chi connectivity index (χ4v) is 3.18. The average Bonchev–Trinajstić information content (AvgIpc) is 2.44. The molecule has 1 aromatic carbocycles. The van der Waals surface area contributed by atoms with Gasteiger partial charge in [0.25, 0.3) is 0 Å². The number of ether oxygens (including phenoxy) is 1. The first-order valence-electron chi connectivity index (χ1n) is 8.42. The molecular weight excluding hydrogens is 258 g/mol. The van der Waals surface area contributed by atoms with Crippen LogP contribution in [0.2, 0.25) is 0 Å². The standard InChI is InChI=1S/C19H31NO/c1-5-20-18(16-8-6-7-15(2)13-16)14-21-17-9-11-19(3,4)12-10-17/h6-8,13,17-18,20H,5,9-12,14H2,1-4H3. The Labute approximate surface area is 130 Å². The second kappa shape index (κ2) is 7.42. The van der Waals surface area contributed by atoms with Crippen LogP contribution in [-0.2, 0) is 4.74 Å². The molecule has 0 aliphatic heterocycles. The van der Waals surface area contributed by atoms with E-state index in [2.05, 4.69) is 57.3 Å². The van der Waals surface area contributed by atoms with Crippen molar-refractivity contribution < 1.29 is 4.74 Å². The van der Waals surface area contributed by atoms with E-state index in [4.69, 9.17) is 4.74 Å². The van der Waals surface area contributed by atoms with Crippen LogP contribution in [0, 0.1) is 12.3 Å². The van der Waals surface area contributed by atoms with Gasteiger partial charge in [-0.2, -0.15) is 0 Å². The van der Waals surface area contributed by atoms with Crippen LogP contribution in [0.3, 0.4) is 0 Å². The van der Waals surface area contributed by atoms with Crippen molar-refractivity contribution in [2.45, 2.75) is 65.5 Å². The van der Waals surface area contributed by atoms with E-state index >= 15 is 0 Å². The minimum Gasteiger partial charge on any atom is -0.376 e. The molecule has 1 fully saturated rings. The molecule has 1 atom stereocenters. The number of likely N-dealkylation sites (N-methyl/N-ethyl adjacent to an activating group) is 1. The second-order valence-corrected chi connectivity index (χ2v) is 7.22. The number of benzene rings is 1. The number of aryl methyl sites for hydroxylation is 1. The van der Waals surface area contributed by atoms with Crippen molar-refractivity contribution in [1.29, 1.82) is 0 Å². The zero-order valence-corrected chi connectivity index (χ0v) is 14.1. The molecule has 1 aromatic rings. The Bertz CT molecular complexity index is 431. The maximum atomic E-state index is 6.22. The van der Waals surface area contributed by atoms with Gasteiger partial charge in [0.05, 0.1) is 18.8 Å². The highest BCUT2D eigenvalue weighted by Gasteiger charge is 2.27. The Morgan fingerprint density at radius 2 is 2.00 bits per heavy atom. The Hall–Kier alpha value is -0.860. The molecule has 1 aliphatic rings. The van der Waals surface area contributed by atoms with Crippen LogP contribution in [0.1, 0.15) is 63.6 Å². The van der Waals surface area contributed by atoms with Crippen molar-refractivity contribution >= 4 is 0 Å². The molecular formula is C19H31NO. The van der Waals surface area contributed by atoms with Crippen LogP contribution in [0.15, 0.2) is 24.3 Å². The third-order valence-electron chi connectivity index (χ3n) is 4.68. The van der Waals surface area contributed by atoms with Crippen LogP contribution in [0.4, 0.5) is 0 Å². The van der Waals surface area contributed by atoms with E-state index in [0.717, 1.165) is 13.2 Å². The van der Waals surface area contributed by atoms with E-state index in [-0.39, 0.29) is 0 Å². The zero-order valence-electron chi connectivity index (χ0n) is 14.1. The van der Waals surface area contributed by atoms with Gasteiger partial charge < -0.3 is 10.1 Å². The molecule has 0 aromatic heterocycles. The molecule has 2 nitrogen and oxygen atoms in total. The van der Waals surface area contributed by atoms with E-state index in [1.54, 1.807) is 0 Å². The minimum atomic E-state index is 0.310. The van der Waals surface area contributed by atoms with Gasteiger partial charge >= 0.3 is 0 Å². The SMILES string of the molecule is CCNC(COC1CCC(C)(C)CC1)c1cccc(C)c1. The van der Waals surface area contributed by atoms with Crippen LogP contribution < -0.4 is 5.32 Å². The molecule has 1 saturated carbocycles. The molecule has 0 amide bonds. The van der Waals surface area contributed by atoms with Crippen molar-refractivity contribution in [2.75, 3.05) is 13.2 Å². The van der Waals surface area contributed by atoms with Gasteiger partial charge in [-0.3, -0.25) is 0 Å². The van der Waals surface area contributed by atoms with E-state index in [1.807, 2.05) is 0 Å². The summed E-state index contributed by atoms with van der Waals surface area (Å²) >= 11 is 0. The van der Waals surface area contributed by atoms with Crippen molar-refractivity contribution in [2.24, 2.45) is 5.41 Å². The number of nitrogens with one attached hydrogen (secondary N) is 1. The van der Waals surface area contributed by atoms with Gasteiger partial charge in [-0.1, -0.05) is 50.6 Å². The summed E-state index contributed by atoms with van der Waals surface area (Å²) in [5.74, 6) is 0. The lowest BCUT2D eigenvalue weighted by molar-refractivity contribution is -0.00565. The van der Waals surface area contributed by atoms with Gasteiger partial charge in [0.15, 0.2) is 0 Å². The third kappa shape index (κ3) is 5.12. The fraction of sp³-hybridized carbons (Fsp3) is 0.684. The van der Waals surface area contributed by atoms with Gasteiger partial charge in [0.2, 0.25) is 0 Å². The number of hydrogen-bond donors (Lipinski definition) is 1. The van der Waals surface area contributed by atoms with Crippen molar-refractivity contribution in [3.05, 3.63) is 35.4 Å². The highest BCUT2D eigenvalue weighted by Crippen LogP contribution is 2.36. The van der Waals surface area contributed by atoms with E-state index in [0.29, 0.717) is 17.6 Å². The smallest absolute Gasteiger partial charge is 0.0665 e. The summed E-state index contributed by atoms with van der Waals surface area (Å²) in [5, 5.41) is 3.56. The number of rotatable bonds is 6. The topological polar surface area (TPSA) is 21.3 Å². The average molecular weight is 289 g/mol. The van der Waals surface area contributed by atoms with Crippen LogP contribution >= 0.6 is 0 Å². The molecule has 118 valence electrons. The lowest BCUT2D eigenvalue weighted by atomic mass is 9.76. The third-order valence-corrected chi connectivity index (χ3v) is 4.68. The summed E-state index contributed by atoms with van der Waals surface area (Å²) in [4.78, 5) is 0. The normalized spacial score (nSPS) is 20.4. The quantitative estimate of drug-likeness (QED) is 0.824. The predicted octanol–water partition coefficient (Wildman–Crippen LogP) is 4.63. The van der Waals surface area contributed by atoms with Gasteiger partial charge in [-0.15, -0.1) is 0 Å². The maximum absolute atomic E-state index is 6.22. The number of hydrogen-bond acceptors (Lipinski definition) is 2. The van der Waals surface area contributed by atoms with Crippen LogP contribution in [-0.4, -0.2) is 19.3 Å². The van der Waals surface area contributed by atoms with Gasteiger partial charge in [0, 0.05) is 0 Å². The molecule has 1 aliphatic carbocycles. The predicted molar refractivity (Wildman–Crippen MR) is 89.6 cm³/mol. The first kappa shape index (κ1) is 16.5. The zero-order chi connectivity index (χ0) is 15.3. The van der Waals surface area contributed by atoms with Crippen LogP contribution in [0.25, 0.3) is 0 Å². The summed E-state index contributed by atoms with van der Waals surface area (Å²) in [7, 11) is 0. The Morgan fingerprint density at radius 1 is 1.29 bits per heavy atom. The molecule has 0 spiro atoms. The summed E-state index contributed by atoms with van der Waals surface area (Å²) < 4.78 is 6.22. The first-order chi connectivity index (χ1) is 10.00. The molecule has 0 heterocycles. The largest absolute Gasteiger partial charge is 0.376 e. The summed E-state index contributed by atoms with van der Waals surface area (Å²) in [5.41, 5.74) is 3.17. The van der Waals surface area contributed by atoms with Gasteiger partial charge in [0.1, 0.15) is 0 Å². The molecule has 21 heavy (non-hydrogen) atoms. The van der Waals surface area contributed by atoms with E-state index in [9.17, 15) is 0 Å². The molecule has 0 saturated heterocycles. The Balaban J connectivity index is 1.89.